The first kappa shape index (κ1) is 13.2. The molecule has 2 rings (SSSR count). The molecular formula is C13H17NO3S. The van der Waals surface area contributed by atoms with E-state index in [4.69, 9.17) is 0 Å². The Morgan fingerprint density at radius 2 is 2.00 bits per heavy atom. The average molecular weight is 267 g/mol. The molecule has 1 aliphatic heterocycles. The Morgan fingerprint density at radius 1 is 1.39 bits per heavy atom. The number of hydrogen-bond donors (Lipinski definition) is 3. The van der Waals surface area contributed by atoms with Crippen LogP contribution in [0.15, 0.2) is 12.1 Å². The topological polar surface area (TPSA) is 69.6 Å². The third-order valence-electron chi connectivity index (χ3n) is 3.10. The minimum absolute atomic E-state index is 0.123. The summed E-state index contributed by atoms with van der Waals surface area (Å²) in [6, 6.07) is 3.46. The summed E-state index contributed by atoms with van der Waals surface area (Å²) < 4.78 is 0. The molecule has 2 unspecified atom stereocenters. The van der Waals surface area contributed by atoms with E-state index in [1.165, 1.54) is 11.8 Å². The average Bonchev–Trinajstić information content (AvgIpc) is 2.35. The maximum Gasteiger partial charge on any atom is 0.236 e. The Balaban J connectivity index is 2.28. The number of nitrogens with one attached hydrogen (secondary N) is 1. The van der Waals surface area contributed by atoms with Crippen molar-refractivity contribution in [1.29, 1.82) is 0 Å². The van der Waals surface area contributed by atoms with E-state index in [1.54, 1.807) is 26.0 Å². The maximum absolute atomic E-state index is 11.7. The van der Waals surface area contributed by atoms with Gasteiger partial charge in [-0.2, -0.15) is 0 Å². The maximum atomic E-state index is 11.7. The van der Waals surface area contributed by atoms with Crippen LogP contribution in [-0.4, -0.2) is 33.7 Å². The van der Waals surface area contributed by atoms with Gasteiger partial charge in [0.25, 0.3) is 0 Å². The first-order valence-corrected chi connectivity index (χ1v) is 6.93. The normalized spacial score (nSPS) is 21.5. The number of thioether (sulfide) groups is 1. The van der Waals surface area contributed by atoms with Crippen molar-refractivity contribution in [2.45, 2.75) is 25.2 Å². The lowest BCUT2D eigenvalue weighted by Crippen LogP contribution is -2.42. The van der Waals surface area contributed by atoms with Gasteiger partial charge < -0.3 is 15.5 Å². The van der Waals surface area contributed by atoms with E-state index in [1.807, 2.05) is 0 Å². The highest BCUT2D eigenvalue weighted by Crippen LogP contribution is 2.32. The van der Waals surface area contributed by atoms with Gasteiger partial charge in [-0.15, -0.1) is 11.8 Å². The van der Waals surface area contributed by atoms with Crippen molar-refractivity contribution in [2.24, 2.45) is 0 Å². The lowest BCUT2D eigenvalue weighted by Gasteiger charge is -2.26. The molecule has 0 spiro atoms. The van der Waals surface area contributed by atoms with Gasteiger partial charge in [-0.25, -0.2) is 0 Å². The quantitative estimate of drug-likeness (QED) is 0.755. The minimum atomic E-state index is -0.840. The minimum Gasteiger partial charge on any atom is -0.507 e. The van der Waals surface area contributed by atoms with E-state index in [9.17, 15) is 15.0 Å². The van der Waals surface area contributed by atoms with Crippen LogP contribution in [-0.2, 0) is 4.79 Å². The summed E-state index contributed by atoms with van der Waals surface area (Å²) in [7, 11) is 0. The van der Waals surface area contributed by atoms with Crippen molar-refractivity contribution in [1.82, 2.24) is 5.32 Å². The molecular weight excluding hydrogens is 250 g/mol. The molecule has 1 saturated heterocycles. The van der Waals surface area contributed by atoms with Crippen LogP contribution in [0.2, 0.25) is 0 Å². The van der Waals surface area contributed by atoms with E-state index < -0.39 is 11.4 Å². The standard InChI is InChI=1S/C13H17NO3S/c1-7-5-9(6-8(2)10(7)15)11(16)12-13(17)14-3-4-18-12/h5-6,11-12,15-16H,3-4H2,1-2H3,(H,14,17). The van der Waals surface area contributed by atoms with Gasteiger partial charge in [-0.05, 0) is 42.7 Å². The molecule has 1 aromatic carbocycles. The zero-order valence-electron chi connectivity index (χ0n) is 10.4. The van der Waals surface area contributed by atoms with E-state index >= 15 is 0 Å². The molecule has 1 aromatic rings. The summed E-state index contributed by atoms with van der Waals surface area (Å²) in [5, 5.41) is 22.3. The Labute approximate surface area is 110 Å². The summed E-state index contributed by atoms with van der Waals surface area (Å²) in [5.74, 6) is 0.928. The van der Waals surface area contributed by atoms with Crippen molar-refractivity contribution >= 4 is 17.7 Å². The largest absolute Gasteiger partial charge is 0.507 e. The number of aliphatic hydroxyl groups is 1. The first-order chi connectivity index (χ1) is 8.50. The molecule has 0 aliphatic carbocycles. The Bertz CT molecular complexity index is 452. The summed E-state index contributed by atoms with van der Waals surface area (Å²) in [6.07, 6.45) is -0.840. The molecule has 98 valence electrons. The Kier molecular flexibility index (Phi) is 3.82. The van der Waals surface area contributed by atoms with Gasteiger partial charge in [0.15, 0.2) is 0 Å². The highest BCUT2D eigenvalue weighted by molar-refractivity contribution is 8.00. The number of aryl methyl sites for hydroxylation is 2. The number of phenolic OH excluding ortho intramolecular Hbond substituents is 1. The number of rotatable bonds is 2. The number of phenols is 1. The van der Waals surface area contributed by atoms with Crippen molar-refractivity contribution in [3.05, 3.63) is 28.8 Å². The van der Waals surface area contributed by atoms with Gasteiger partial charge in [0.1, 0.15) is 11.0 Å². The second kappa shape index (κ2) is 5.20. The number of carbonyl (C=O) groups is 1. The molecule has 0 saturated carbocycles. The smallest absolute Gasteiger partial charge is 0.236 e. The van der Waals surface area contributed by atoms with E-state index in [-0.39, 0.29) is 11.7 Å². The van der Waals surface area contributed by atoms with E-state index in [2.05, 4.69) is 5.32 Å². The SMILES string of the molecule is Cc1cc(C(O)C2SCCNC2=O)cc(C)c1O. The molecule has 3 N–H and O–H groups in total. The summed E-state index contributed by atoms with van der Waals surface area (Å²) in [4.78, 5) is 11.7. The van der Waals surface area contributed by atoms with Crippen molar-refractivity contribution in [2.75, 3.05) is 12.3 Å². The number of amides is 1. The van der Waals surface area contributed by atoms with Crippen LogP contribution in [0.5, 0.6) is 5.75 Å². The van der Waals surface area contributed by atoms with Crippen molar-refractivity contribution in [3.63, 3.8) is 0 Å². The predicted octanol–water partition coefficient (Wildman–Crippen LogP) is 1.27. The van der Waals surface area contributed by atoms with Crippen LogP contribution in [0.1, 0.15) is 22.8 Å². The lowest BCUT2D eigenvalue weighted by molar-refractivity contribution is -0.122. The van der Waals surface area contributed by atoms with Crippen molar-refractivity contribution < 1.29 is 15.0 Å². The fraction of sp³-hybridized carbons (Fsp3) is 0.462. The van der Waals surface area contributed by atoms with E-state index in [0.29, 0.717) is 23.2 Å². The van der Waals surface area contributed by atoms with E-state index in [0.717, 1.165) is 5.75 Å². The summed E-state index contributed by atoms with van der Waals surface area (Å²) >= 11 is 1.47. The number of benzene rings is 1. The molecule has 0 aromatic heterocycles. The van der Waals surface area contributed by atoms with Crippen LogP contribution in [0.25, 0.3) is 0 Å². The lowest BCUT2D eigenvalue weighted by atomic mass is 9.99. The van der Waals surface area contributed by atoms with Gasteiger partial charge in [-0.1, -0.05) is 0 Å². The Hall–Kier alpha value is -1.20. The second-order valence-electron chi connectivity index (χ2n) is 4.53. The van der Waals surface area contributed by atoms with Gasteiger partial charge in [0, 0.05) is 12.3 Å². The molecule has 4 nitrogen and oxygen atoms in total. The molecule has 1 amide bonds. The molecule has 18 heavy (non-hydrogen) atoms. The third-order valence-corrected chi connectivity index (χ3v) is 4.37. The Morgan fingerprint density at radius 3 is 2.56 bits per heavy atom. The third kappa shape index (κ3) is 2.47. The first-order valence-electron chi connectivity index (χ1n) is 5.88. The van der Waals surface area contributed by atoms with Gasteiger partial charge in [-0.3, -0.25) is 4.79 Å². The van der Waals surface area contributed by atoms with Crippen LogP contribution in [0.4, 0.5) is 0 Å². The van der Waals surface area contributed by atoms with Crippen LogP contribution < -0.4 is 5.32 Å². The molecule has 5 heteroatoms. The van der Waals surface area contributed by atoms with Crippen molar-refractivity contribution in [3.8, 4) is 5.75 Å². The zero-order valence-corrected chi connectivity index (χ0v) is 11.3. The summed E-state index contributed by atoms with van der Waals surface area (Å²) in [5.41, 5.74) is 2.10. The van der Waals surface area contributed by atoms with Crippen LogP contribution in [0.3, 0.4) is 0 Å². The van der Waals surface area contributed by atoms with Crippen LogP contribution in [0, 0.1) is 13.8 Å². The fourth-order valence-electron chi connectivity index (χ4n) is 2.11. The monoisotopic (exact) mass is 267 g/mol. The molecule has 1 fully saturated rings. The highest BCUT2D eigenvalue weighted by atomic mass is 32.2. The van der Waals surface area contributed by atoms with Crippen LogP contribution >= 0.6 is 11.8 Å². The number of carbonyl (C=O) groups excluding carboxylic acids is 1. The van der Waals surface area contributed by atoms with Gasteiger partial charge in [0.2, 0.25) is 5.91 Å². The molecule has 2 atom stereocenters. The fourth-order valence-corrected chi connectivity index (χ4v) is 3.15. The molecule has 0 radical (unpaired) electrons. The van der Waals surface area contributed by atoms with Gasteiger partial charge >= 0.3 is 0 Å². The number of hydrogen-bond acceptors (Lipinski definition) is 4. The molecule has 0 bridgehead atoms. The molecule has 1 heterocycles. The molecule has 1 aliphatic rings. The van der Waals surface area contributed by atoms with Gasteiger partial charge in [0.05, 0.1) is 6.10 Å². The number of aromatic hydroxyl groups is 1. The second-order valence-corrected chi connectivity index (χ2v) is 5.78. The predicted molar refractivity (Wildman–Crippen MR) is 71.8 cm³/mol. The highest BCUT2D eigenvalue weighted by Gasteiger charge is 2.31. The number of aliphatic hydroxyl groups excluding tert-OH is 1. The summed E-state index contributed by atoms with van der Waals surface area (Å²) in [6.45, 7) is 4.22. The zero-order chi connectivity index (χ0) is 13.3.